The number of rotatable bonds is 0. The van der Waals surface area contributed by atoms with Crippen LogP contribution in [0.15, 0.2) is 18.2 Å². The fraction of sp³-hybridized carbons (Fsp3) is 0.600. The van der Waals surface area contributed by atoms with Crippen LogP contribution in [-0.4, -0.2) is 29.5 Å². The van der Waals surface area contributed by atoms with Crippen molar-refractivity contribution in [2.75, 3.05) is 6.54 Å². The number of fused-ring (bicyclic) bond motifs is 3. The minimum Gasteiger partial charge on any atom is -0.351 e. The Balaban J connectivity index is 1.77. The fourth-order valence-corrected chi connectivity index (χ4v) is 3.07. The Bertz CT molecular complexity index is 477. The molecule has 2 heterocycles. The van der Waals surface area contributed by atoms with Gasteiger partial charge in [0.2, 0.25) is 5.91 Å². The lowest BCUT2D eigenvalue weighted by atomic mass is 9.90. The lowest BCUT2D eigenvalue weighted by Crippen LogP contribution is -2.53. The third-order valence-electron chi connectivity index (χ3n) is 4.11. The van der Waals surface area contributed by atoms with Gasteiger partial charge in [-0.25, -0.2) is 0 Å². The number of hydrogen-bond acceptors (Lipinski definition) is 4. The van der Waals surface area contributed by atoms with Gasteiger partial charge in [-0.05, 0) is 25.0 Å². The zero-order valence-electron chi connectivity index (χ0n) is 11.7. The highest BCUT2D eigenvalue weighted by Crippen LogP contribution is 2.19. The predicted molar refractivity (Wildman–Crippen MR) is 77.0 cm³/mol. The lowest BCUT2D eigenvalue weighted by Gasteiger charge is -2.33. The maximum absolute atomic E-state index is 12.0. The maximum atomic E-state index is 12.0. The van der Waals surface area contributed by atoms with Crippen LogP contribution >= 0.6 is 0 Å². The summed E-state index contributed by atoms with van der Waals surface area (Å²) in [5, 5.41) is 9.89. The first-order valence-electron chi connectivity index (χ1n) is 7.49. The summed E-state index contributed by atoms with van der Waals surface area (Å²) in [6, 6.07) is 6.69. The summed E-state index contributed by atoms with van der Waals surface area (Å²) in [4.78, 5) is 16.6. The second-order valence-electron chi connectivity index (χ2n) is 5.67. The molecule has 3 N–H and O–H groups in total. The highest BCUT2D eigenvalue weighted by Gasteiger charge is 2.26. The van der Waals surface area contributed by atoms with Crippen molar-refractivity contribution in [2.24, 2.45) is 0 Å². The quantitative estimate of drug-likeness (QED) is 0.651. The number of aromatic nitrogens is 1. The summed E-state index contributed by atoms with van der Waals surface area (Å²) in [5.41, 5.74) is 2.05. The first-order chi connectivity index (χ1) is 9.81. The van der Waals surface area contributed by atoms with Crippen molar-refractivity contribution in [3.63, 3.8) is 0 Å². The monoisotopic (exact) mass is 274 g/mol. The lowest BCUT2D eigenvalue weighted by molar-refractivity contribution is -0.121. The fourth-order valence-electron chi connectivity index (χ4n) is 3.07. The molecule has 1 fully saturated rings. The van der Waals surface area contributed by atoms with Gasteiger partial charge in [-0.3, -0.25) is 9.78 Å². The van der Waals surface area contributed by atoms with Crippen LogP contribution in [0.3, 0.4) is 0 Å². The van der Waals surface area contributed by atoms with Crippen molar-refractivity contribution >= 4 is 5.91 Å². The van der Waals surface area contributed by atoms with Gasteiger partial charge in [-0.15, -0.1) is 0 Å². The van der Waals surface area contributed by atoms with Crippen LogP contribution < -0.4 is 16.0 Å². The van der Waals surface area contributed by atoms with E-state index in [1.54, 1.807) is 0 Å². The van der Waals surface area contributed by atoms with Crippen molar-refractivity contribution in [3.8, 4) is 0 Å². The second-order valence-corrected chi connectivity index (χ2v) is 5.67. The highest BCUT2D eigenvalue weighted by atomic mass is 16.2. The molecule has 1 saturated carbocycles. The van der Waals surface area contributed by atoms with Crippen LogP contribution in [0.25, 0.3) is 0 Å². The minimum atomic E-state index is 0.0837. The molecule has 1 aliphatic carbocycles. The van der Waals surface area contributed by atoms with E-state index < -0.39 is 0 Å². The van der Waals surface area contributed by atoms with Gasteiger partial charge in [-0.2, -0.15) is 0 Å². The molecule has 0 saturated heterocycles. The van der Waals surface area contributed by atoms with Crippen molar-refractivity contribution in [2.45, 2.75) is 50.9 Å². The second kappa shape index (κ2) is 6.33. The average Bonchev–Trinajstić information content (AvgIpc) is 2.46. The summed E-state index contributed by atoms with van der Waals surface area (Å²) in [5.74, 6) is 0.0837. The molecule has 5 nitrogen and oxygen atoms in total. The minimum absolute atomic E-state index is 0.0837. The zero-order valence-corrected chi connectivity index (χ0v) is 11.7. The standard InChI is InChI=1S/C15H22N4O/c20-15-10-16-8-11-4-3-5-12(18-11)9-17-13-6-1-2-7-14(13)19-15/h3-5,13-14,16-17H,1-2,6-10H2,(H,19,20)/t13-,14-/m0/s1. The number of carbonyl (C=O) groups excluding carboxylic acids is 1. The Morgan fingerprint density at radius 2 is 1.75 bits per heavy atom. The van der Waals surface area contributed by atoms with E-state index in [9.17, 15) is 4.79 Å². The van der Waals surface area contributed by atoms with Gasteiger partial charge in [0.15, 0.2) is 0 Å². The molecule has 1 aromatic rings. The molecule has 2 bridgehead atoms. The molecule has 108 valence electrons. The normalized spacial score (nSPS) is 27.7. The van der Waals surface area contributed by atoms with Gasteiger partial charge in [0.25, 0.3) is 0 Å². The zero-order chi connectivity index (χ0) is 13.8. The Kier molecular flexibility index (Phi) is 4.28. The van der Waals surface area contributed by atoms with Crippen LogP contribution in [0.5, 0.6) is 0 Å². The van der Waals surface area contributed by atoms with Crippen molar-refractivity contribution in [3.05, 3.63) is 29.6 Å². The molecule has 2 atom stereocenters. The molecule has 2 aliphatic rings. The highest BCUT2D eigenvalue weighted by molar-refractivity contribution is 5.78. The van der Waals surface area contributed by atoms with Crippen LogP contribution in [0, 0.1) is 0 Å². The van der Waals surface area contributed by atoms with Crippen molar-refractivity contribution in [1.29, 1.82) is 0 Å². The molecule has 20 heavy (non-hydrogen) atoms. The van der Waals surface area contributed by atoms with E-state index in [1.807, 2.05) is 12.1 Å². The summed E-state index contributed by atoms with van der Waals surface area (Å²) >= 11 is 0. The first kappa shape index (κ1) is 13.5. The van der Waals surface area contributed by atoms with Gasteiger partial charge >= 0.3 is 0 Å². The molecule has 0 spiro atoms. The molecule has 5 heteroatoms. The van der Waals surface area contributed by atoms with Crippen molar-refractivity contribution < 1.29 is 4.79 Å². The van der Waals surface area contributed by atoms with Gasteiger partial charge in [0, 0.05) is 25.2 Å². The summed E-state index contributed by atoms with van der Waals surface area (Å²) in [6.45, 7) is 1.76. The Morgan fingerprint density at radius 3 is 2.60 bits per heavy atom. The van der Waals surface area contributed by atoms with Gasteiger partial charge in [0.1, 0.15) is 0 Å². The molecule has 1 aliphatic heterocycles. The van der Waals surface area contributed by atoms with Crippen LogP contribution in [-0.2, 0) is 17.9 Å². The van der Waals surface area contributed by atoms with Crippen molar-refractivity contribution in [1.82, 2.24) is 20.9 Å². The third kappa shape index (κ3) is 3.35. The SMILES string of the molecule is O=C1CNCc2cccc(n2)CN[C@H]2CCCC[C@@H]2N1. The van der Waals surface area contributed by atoms with E-state index in [0.29, 0.717) is 19.1 Å². The van der Waals surface area contributed by atoms with E-state index in [2.05, 4.69) is 27.0 Å². The summed E-state index contributed by atoms with van der Waals surface area (Å²) < 4.78 is 0. The molecular formula is C15H22N4O. The predicted octanol–water partition coefficient (Wildman–Crippen LogP) is 0.702. The average molecular weight is 274 g/mol. The van der Waals surface area contributed by atoms with Gasteiger partial charge in [-0.1, -0.05) is 18.9 Å². The third-order valence-corrected chi connectivity index (χ3v) is 4.11. The number of nitrogens with one attached hydrogen (secondary N) is 3. The van der Waals surface area contributed by atoms with Gasteiger partial charge < -0.3 is 16.0 Å². The molecule has 0 radical (unpaired) electrons. The van der Waals surface area contributed by atoms with Crippen LogP contribution in [0.2, 0.25) is 0 Å². The topological polar surface area (TPSA) is 66.0 Å². The van der Waals surface area contributed by atoms with Crippen LogP contribution in [0.1, 0.15) is 37.1 Å². The smallest absolute Gasteiger partial charge is 0.234 e. The van der Waals surface area contributed by atoms with E-state index in [1.165, 1.54) is 12.8 Å². The van der Waals surface area contributed by atoms with E-state index >= 15 is 0 Å². The molecule has 0 aromatic carbocycles. The van der Waals surface area contributed by atoms with E-state index in [4.69, 9.17) is 0 Å². The Morgan fingerprint density at radius 1 is 1.00 bits per heavy atom. The molecule has 1 aromatic heterocycles. The summed E-state index contributed by atoms with van der Waals surface area (Å²) in [7, 11) is 0. The number of carbonyl (C=O) groups is 1. The van der Waals surface area contributed by atoms with E-state index in [-0.39, 0.29) is 11.9 Å². The molecular weight excluding hydrogens is 252 g/mol. The number of hydrogen-bond donors (Lipinski definition) is 3. The molecule has 3 rings (SSSR count). The summed E-state index contributed by atoms with van der Waals surface area (Å²) in [6.07, 6.45) is 4.62. The number of nitrogens with zero attached hydrogens (tertiary/aromatic N) is 1. The maximum Gasteiger partial charge on any atom is 0.234 e. The number of pyridine rings is 1. The Hall–Kier alpha value is -1.46. The van der Waals surface area contributed by atoms with E-state index in [0.717, 1.165) is 30.8 Å². The Labute approximate surface area is 119 Å². The first-order valence-corrected chi connectivity index (χ1v) is 7.49. The van der Waals surface area contributed by atoms with Gasteiger partial charge in [0.05, 0.1) is 17.9 Å². The largest absolute Gasteiger partial charge is 0.351 e. The molecule has 0 unspecified atom stereocenters. The molecule has 1 amide bonds. The number of amides is 1. The van der Waals surface area contributed by atoms with Crippen LogP contribution in [0.4, 0.5) is 0 Å².